The molecule has 23 heavy (non-hydrogen) atoms. The number of hydrogen-bond donors (Lipinski definition) is 0. The maximum atomic E-state index is 6.11. The van der Waals surface area contributed by atoms with Crippen LogP contribution in [0.2, 0.25) is 0 Å². The fourth-order valence-corrected chi connectivity index (χ4v) is 3.09. The van der Waals surface area contributed by atoms with Crippen molar-refractivity contribution in [1.29, 1.82) is 0 Å². The summed E-state index contributed by atoms with van der Waals surface area (Å²) in [5.41, 5.74) is 4.66. The fourth-order valence-electron chi connectivity index (χ4n) is 3.09. The summed E-state index contributed by atoms with van der Waals surface area (Å²) in [6.45, 7) is 10.6. The molecule has 1 heterocycles. The van der Waals surface area contributed by atoms with Crippen LogP contribution < -0.4 is 5.46 Å². The van der Waals surface area contributed by atoms with Crippen LogP contribution >= 0.6 is 0 Å². The minimum Gasteiger partial charge on any atom is -0.399 e. The molecular formula is C20H27BO2. The molecule has 1 aliphatic heterocycles. The van der Waals surface area contributed by atoms with E-state index in [4.69, 9.17) is 9.31 Å². The quantitative estimate of drug-likeness (QED) is 0.749. The molecule has 0 spiro atoms. The van der Waals surface area contributed by atoms with Gasteiger partial charge in [0.2, 0.25) is 0 Å². The second-order valence-corrected chi connectivity index (χ2v) is 7.82. The van der Waals surface area contributed by atoms with Crippen molar-refractivity contribution in [3.05, 3.63) is 47.1 Å². The molecule has 1 aliphatic carbocycles. The van der Waals surface area contributed by atoms with Gasteiger partial charge >= 0.3 is 7.12 Å². The van der Waals surface area contributed by atoms with Crippen LogP contribution in [0.4, 0.5) is 0 Å². The van der Waals surface area contributed by atoms with Crippen LogP contribution in [0, 0.1) is 0 Å². The molecule has 0 aromatic heterocycles. The molecule has 0 radical (unpaired) electrons. The van der Waals surface area contributed by atoms with E-state index < -0.39 is 0 Å². The van der Waals surface area contributed by atoms with E-state index in [1.54, 1.807) is 0 Å². The molecule has 1 saturated heterocycles. The molecule has 0 amide bonds. The molecule has 2 aliphatic rings. The normalized spacial score (nSPS) is 24.8. The van der Waals surface area contributed by atoms with Gasteiger partial charge in [-0.1, -0.05) is 42.0 Å². The first-order valence-corrected chi connectivity index (χ1v) is 8.60. The van der Waals surface area contributed by atoms with E-state index in [9.17, 15) is 0 Å². The van der Waals surface area contributed by atoms with Crippen LogP contribution in [0.25, 0.3) is 6.08 Å². The first-order valence-electron chi connectivity index (χ1n) is 8.60. The Morgan fingerprint density at radius 3 is 2.13 bits per heavy atom. The summed E-state index contributed by atoms with van der Waals surface area (Å²) in [6.07, 6.45) is 8.29. The Morgan fingerprint density at radius 1 is 0.957 bits per heavy atom. The lowest BCUT2D eigenvalue weighted by molar-refractivity contribution is 0.00578. The highest BCUT2D eigenvalue weighted by atomic mass is 16.7. The average Bonchev–Trinajstić information content (AvgIpc) is 2.68. The lowest BCUT2D eigenvalue weighted by atomic mass is 9.79. The minimum atomic E-state index is -0.289. The Balaban J connectivity index is 1.76. The third-order valence-electron chi connectivity index (χ3n) is 5.28. The van der Waals surface area contributed by atoms with Crippen molar-refractivity contribution in [3.8, 4) is 0 Å². The lowest BCUT2D eigenvalue weighted by Crippen LogP contribution is -2.41. The van der Waals surface area contributed by atoms with Gasteiger partial charge in [-0.15, -0.1) is 0 Å². The first-order chi connectivity index (χ1) is 10.8. The topological polar surface area (TPSA) is 18.5 Å². The Labute approximate surface area is 140 Å². The van der Waals surface area contributed by atoms with E-state index in [0.29, 0.717) is 0 Å². The van der Waals surface area contributed by atoms with Crippen molar-refractivity contribution in [2.45, 2.75) is 65.1 Å². The number of allylic oxidation sites excluding steroid dienone is 3. The van der Waals surface area contributed by atoms with Crippen LogP contribution in [0.3, 0.4) is 0 Å². The Morgan fingerprint density at radius 2 is 1.57 bits per heavy atom. The summed E-state index contributed by atoms with van der Waals surface area (Å²) in [4.78, 5) is 0. The molecular weight excluding hydrogens is 283 g/mol. The largest absolute Gasteiger partial charge is 0.494 e. The number of benzene rings is 1. The molecule has 0 atom stereocenters. The Bertz CT molecular complexity index is 622. The zero-order valence-corrected chi connectivity index (χ0v) is 15.0. The van der Waals surface area contributed by atoms with Crippen molar-refractivity contribution >= 4 is 18.7 Å². The second kappa shape index (κ2) is 5.96. The highest BCUT2D eigenvalue weighted by Gasteiger charge is 2.51. The van der Waals surface area contributed by atoms with Crippen molar-refractivity contribution < 1.29 is 9.31 Å². The van der Waals surface area contributed by atoms with Crippen molar-refractivity contribution in [2.24, 2.45) is 0 Å². The van der Waals surface area contributed by atoms with Gasteiger partial charge in [-0.2, -0.15) is 0 Å². The minimum absolute atomic E-state index is 0.279. The van der Waals surface area contributed by atoms with Gasteiger partial charge in [-0.05, 0) is 70.5 Å². The summed E-state index contributed by atoms with van der Waals surface area (Å²) in [5, 5.41) is 0. The number of rotatable bonds is 2. The van der Waals surface area contributed by atoms with Gasteiger partial charge in [0.05, 0.1) is 11.2 Å². The Hall–Kier alpha value is -1.32. The smallest absolute Gasteiger partial charge is 0.399 e. The molecule has 0 saturated carbocycles. The highest BCUT2D eigenvalue weighted by molar-refractivity contribution is 6.62. The fraction of sp³-hybridized carbons (Fsp3) is 0.500. The van der Waals surface area contributed by atoms with Crippen LogP contribution in [-0.2, 0) is 9.31 Å². The van der Waals surface area contributed by atoms with E-state index >= 15 is 0 Å². The molecule has 3 heteroatoms. The second-order valence-electron chi connectivity index (χ2n) is 7.82. The van der Waals surface area contributed by atoms with Gasteiger partial charge in [0.25, 0.3) is 0 Å². The average molecular weight is 310 g/mol. The predicted octanol–water partition coefficient (Wildman–Crippen LogP) is 4.50. The summed E-state index contributed by atoms with van der Waals surface area (Å²) >= 11 is 0. The van der Waals surface area contributed by atoms with Crippen LogP contribution in [0.5, 0.6) is 0 Å². The zero-order valence-electron chi connectivity index (χ0n) is 15.0. The van der Waals surface area contributed by atoms with Gasteiger partial charge in [0, 0.05) is 0 Å². The standard InChI is InChI=1S/C20H27BO2/c1-15-7-6-8-17(13-15)14-16-9-11-18(12-10-16)21-22-19(2,3)20(4,5)23-21/h9-14H,6-8H2,1-5H3/b17-14+. The molecule has 2 nitrogen and oxygen atoms in total. The maximum Gasteiger partial charge on any atom is 0.494 e. The van der Waals surface area contributed by atoms with Gasteiger partial charge < -0.3 is 9.31 Å². The summed E-state index contributed by atoms with van der Waals surface area (Å²) in [5.74, 6) is 0. The van der Waals surface area contributed by atoms with Crippen LogP contribution in [0.1, 0.15) is 59.4 Å². The van der Waals surface area contributed by atoms with Crippen LogP contribution in [-0.4, -0.2) is 18.3 Å². The molecule has 0 unspecified atom stereocenters. The number of hydrogen-bond acceptors (Lipinski definition) is 2. The summed E-state index contributed by atoms with van der Waals surface area (Å²) in [7, 11) is -0.279. The van der Waals surface area contributed by atoms with E-state index in [1.165, 1.54) is 36.0 Å². The summed E-state index contributed by atoms with van der Waals surface area (Å²) in [6, 6.07) is 8.55. The van der Waals surface area contributed by atoms with Crippen LogP contribution in [0.15, 0.2) is 41.5 Å². The SMILES string of the molecule is CC1=C/C(=C/c2ccc(B3OC(C)(C)C(C)(C)O3)cc2)CCC1. The monoisotopic (exact) mass is 310 g/mol. The van der Waals surface area contributed by atoms with E-state index in [1.807, 2.05) is 0 Å². The maximum absolute atomic E-state index is 6.11. The Kier molecular flexibility index (Phi) is 4.28. The zero-order chi connectivity index (χ0) is 16.7. The van der Waals surface area contributed by atoms with E-state index in [2.05, 4.69) is 71.0 Å². The van der Waals surface area contributed by atoms with E-state index in [0.717, 1.165) is 5.46 Å². The first kappa shape index (κ1) is 16.5. The molecule has 0 N–H and O–H groups in total. The lowest BCUT2D eigenvalue weighted by Gasteiger charge is -2.32. The van der Waals surface area contributed by atoms with Crippen molar-refractivity contribution in [1.82, 2.24) is 0 Å². The molecule has 122 valence electrons. The van der Waals surface area contributed by atoms with Gasteiger partial charge in [-0.3, -0.25) is 0 Å². The van der Waals surface area contributed by atoms with Crippen molar-refractivity contribution in [2.75, 3.05) is 0 Å². The van der Waals surface area contributed by atoms with E-state index in [-0.39, 0.29) is 18.3 Å². The third kappa shape index (κ3) is 3.46. The predicted molar refractivity (Wildman–Crippen MR) is 97.7 cm³/mol. The summed E-state index contributed by atoms with van der Waals surface area (Å²) < 4.78 is 12.2. The molecule has 3 rings (SSSR count). The van der Waals surface area contributed by atoms with Crippen molar-refractivity contribution in [3.63, 3.8) is 0 Å². The van der Waals surface area contributed by atoms with Gasteiger partial charge in [0.15, 0.2) is 0 Å². The third-order valence-corrected chi connectivity index (χ3v) is 5.28. The van der Waals surface area contributed by atoms with Gasteiger partial charge in [-0.25, -0.2) is 0 Å². The molecule has 1 aromatic carbocycles. The highest BCUT2D eigenvalue weighted by Crippen LogP contribution is 2.36. The molecule has 1 aromatic rings. The molecule has 1 fully saturated rings. The molecule has 0 bridgehead atoms. The van der Waals surface area contributed by atoms with Gasteiger partial charge in [0.1, 0.15) is 0 Å².